The maximum absolute atomic E-state index is 12.3. The van der Waals surface area contributed by atoms with Crippen LogP contribution in [-0.2, 0) is 17.6 Å². The van der Waals surface area contributed by atoms with Crippen molar-refractivity contribution in [2.45, 2.75) is 91.9 Å². The van der Waals surface area contributed by atoms with Gasteiger partial charge in [0.25, 0.3) is 0 Å². The van der Waals surface area contributed by atoms with Gasteiger partial charge in [-0.3, -0.25) is 0 Å². The van der Waals surface area contributed by atoms with E-state index in [0.717, 1.165) is 19.4 Å². The van der Waals surface area contributed by atoms with Gasteiger partial charge < -0.3 is 0 Å². The molecule has 1 aromatic heterocycles. The number of carbonyl (C=O) groups is 1. The number of benzene rings is 1. The molecule has 1 amide bonds. The van der Waals surface area contributed by atoms with Crippen molar-refractivity contribution in [2.75, 3.05) is 11.4 Å². The van der Waals surface area contributed by atoms with Crippen LogP contribution in [0.25, 0.3) is 11.1 Å². The number of aromatic nitrogens is 1. The Morgan fingerprint density at radius 3 is 2.06 bits per heavy atom. The Kier molecular flexibility index (Phi) is 7.96. The average Bonchev–Trinajstić information content (AvgIpc) is 3.27. The Hall–Kier alpha value is -1.36. The number of carbonyl (C=O) groups excluding carboxylic acids is 1. The Balaban J connectivity index is 1.72. The van der Waals surface area contributed by atoms with Gasteiger partial charge in [-0.15, -0.1) is 0 Å². The van der Waals surface area contributed by atoms with Crippen molar-refractivity contribution in [1.29, 1.82) is 0 Å². The third kappa shape index (κ3) is 4.78. The van der Waals surface area contributed by atoms with Crippen molar-refractivity contribution in [3.63, 3.8) is 0 Å². The number of aryl methyl sites for hydroxylation is 1. The third-order valence-electron chi connectivity index (χ3n) is 7.76. The zero-order chi connectivity index (χ0) is 22.6. The normalized spacial score (nSPS) is 15.3. The summed E-state index contributed by atoms with van der Waals surface area (Å²) in [5.74, 6) is 0.300. The molecule has 0 unspecified atom stereocenters. The van der Waals surface area contributed by atoms with Gasteiger partial charge in [-0.25, -0.2) is 0 Å². The second-order valence-electron chi connectivity index (χ2n) is 9.99. The summed E-state index contributed by atoms with van der Waals surface area (Å²) < 4.78 is 6.08. The fourth-order valence-electron chi connectivity index (χ4n) is 5.87. The molecule has 0 spiro atoms. The van der Waals surface area contributed by atoms with E-state index in [-0.39, 0.29) is 0 Å². The number of pyridine rings is 1. The molecule has 0 aliphatic carbocycles. The SMILES string of the molecule is CCC[CH2][Sn]([CH2]CCC)([CH2]CCC)[c]1cncc(-c2cc3c4c(c2)CCN4C(=O)CC3)c1. The van der Waals surface area contributed by atoms with E-state index < -0.39 is 18.4 Å². The van der Waals surface area contributed by atoms with Crippen LogP contribution in [0.1, 0.15) is 76.8 Å². The van der Waals surface area contributed by atoms with Crippen LogP contribution in [0.15, 0.2) is 30.6 Å². The van der Waals surface area contributed by atoms with Crippen LogP contribution in [0, 0.1) is 0 Å². The predicted molar refractivity (Wildman–Crippen MR) is 139 cm³/mol. The molecule has 32 heavy (non-hydrogen) atoms. The van der Waals surface area contributed by atoms with Gasteiger partial charge in [0, 0.05) is 0 Å². The van der Waals surface area contributed by atoms with E-state index in [9.17, 15) is 4.79 Å². The van der Waals surface area contributed by atoms with Gasteiger partial charge in [0.1, 0.15) is 0 Å². The van der Waals surface area contributed by atoms with Crippen molar-refractivity contribution < 1.29 is 4.79 Å². The van der Waals surface area contributed by atoms with Crippen molar-refractivity contribution in [2.24, 2.45) is 0 Å². The molecule has 0 saturated heterocycles. The van der Waals surface area contributed by atoms with E-state index in [0.29, 0.717) is 12.3 Å². The first kappa shape index (κ1) is 23.8. The van der Waals surface area contributed by atoms with Crippen LogP contribution < -0.4 is 8.48 Å². The van der Waals surface area contributed by atoms with E-state index in [4.69, 9.17) is 4.98 Å². The number of nitrogens with zero attached hydrogens (tertiary/aromatic N) is 2. The quantitative estimate of drug-likeness (QED) is 0.300. The molecule has 3 heterocycles. The zero-order valence-electron chi connectivity index (χ0n) is 20.4. The molecule has 0 fully saturated rings. The predicted octanol–water partition coefficient (Wildman–Crippen LogP) is 6.64. The first-order chi connectivity index (χ1) is 15.6. The van der Waals surface area contributed by atoms with Gasteiger partial charge in [0.05, 0.1) is 0 Å². The van der Waals surface area contributed by atoms with Crippen molar-refractivity contribution in [3.8, 4) is 11.1 Å². The average molecular weight is 539 g/mol. The van der Waals surface area contributed by atoms with Gasteiger partial charge in [0.2, 0.25) is 0 Å². The summed E-state index contributed by atoms with van der Waals surface area (Å²) in [7, 11) is 0. The summed E-state index contributed by atoms with van der Waals surface area (Å²) in [5, 5.41) is 0. The molecule has 0 saturated carbocycles. The molecular formula is C28H40N2OSn. The van der Waals surface area contributed by atoms with Crippen LogP contribution in [0.2, 0.25) is 13.3 Å². The number of anilines is 1. The summed E-state index contributed by atoms with van der Waals surface area (Å²) in [4.78, 5) is 19.2. The summed E-state index contributed by atoms with van der Waals surface area (Å²) in [6, 6.07) is 7.24. The van der Waals surface area contributed by atoms with Gasteiger partial charge in [-0.2, -0.15) is 0 Å². The van der Waals surface area contributed by atoms with Gasteiger partial charge in [-0.05, 0) is 0 Å². The van der Waals surface area contributed by atoms with Crippen LogP contribution >= 0.6 is 0 Å². The number of unbranched alkanes of at least 4 members (excludes halogenated alkanes) is 3. The van der Waals surface area contributed by atoms with Gasteiger partial charge in [-0.1, -0.05) is 0 Å². The van der Waals surface area contributed by atoms with Crippen molar-refractivity contribution in [3.05, 3.63) is 41.7 Å². The molecule has 3 nitrogen and oxygen atoms in total. The summed E-state index contributed by atoms with van der Waals surface area (Å²) >= 11 is -2.49. The fourth-order valence-corrected chi connectivity index (χ4v) is 21.6. The van der Waals surface area contributed by atoms with E-state index >= 15 is 0 Å². The summed E-state index contributed by atoms with van der Waals surface area (Å²) in [6.45, 7) is 7.88. The first-order valence-corrected chi connectivity index (χ1v) is 20.5. The van der Waals surface area contributed by atoms with E-state index in [1.807, 2.05) is 4.90 Å². The molecule has 2 aliphatic rings. The Labute approximate surface area is 198 Å². The molecule has 2 aromatic rings. The second-order valence-corrected chi connectivity index (χ2v) is 23.2. The monoisotopic (exact) mass is 540 g/mol. The molecule has 0 bridgehead atoms. The molecule has 2 aliphatic heterocycles. The molecular weight excluding hydrogens is 499 g/mol. The maximum atomic E-state index is 12.3. The van der Waals surface area contributed by atoms with E-state index in [1.165, 1.54) is 79.8 Å². The molecule has 0 N–H and O–H groups in total. The Morgan fingerprint density at radius 1 is 0.812 bits per heavy atom. The number of rotatable bonds is 11. The third-order valence-corrected chi connectivity index (χ3v) is 23.3. The Morgan fingerprint density at radius 2 is 1.44 bits per heavy atom. The standard InChI is InChI=1S/C16H13N2O.3C4H9.Sn/c19-15-4-3-11-8-14(13-2-1-6-17-10-13)9-12-5-7-18(15)16(11)12;3*1-3-4-2;/h2,6,8-10H,3-5,7H2;3*1,3-4H2,2H3;. The van der Waals surface area contributed by atoms with E-state index in [1.54, 1.807) is 3.58 Å². The van der Waals surface area contributed by atoms with Gasteiger partial charge in [0.15, 0.2) is 0 Å². The van der Waals surface area contributed by atoms with Crippen LogP contribution in [0.5, 0.6) is 0 Å². The molecule has 172 valence electrons. The zero-order valence-corrected chi connectivity index (χ0v) is 23.2. The molecule has 4 rings (SSSR count). The van der Waals surface area contributed by atoms with Crippen molar-refractivity contribution >= 4 is 33.6 Å². The van der Waals surface area contributed by atoms with Crippen molar-refractivity contribution in [1.82, 2.24) is 4.98 Å². The summed E-state index contributed by atoms with van der Waals surface area (Å²) in [5.41, 5.74) is 6.54. The molecule has 1 aromatic carbocycles. The van der Waals surface area contributed by atoms with E-state index in [2.05, 4.69) is 51.4 Å². The van der Waals surface area contributed by atoms with Gasteiger partial charge >= 0.3 is 199 Å². The molecule has 0 atom stereocenters. The molecule has 0 radical (unpaired) electrons. The minimum absolute atomic E-state index is 0.300. The first-order valence-electron chi connectivity index (χ1n) is 13.0. The topological polar surface area (TPSA) is 33.2 Å². The second kappa shape index (κ2) is 10.7. The molecule has 4 heteroatoms. The van der Waals surface area contributed by atoms with Crippen LogP contribution in [0.4, 0.5) is 5.69 Å². The minimum atomic E-state index is -2.49. The summed E-state index contributed by atoms with van der Waals surface area (Å²) in [6.07, 6.45) is 14.9. The Bertz CT molecular complexity index is 933. The van der Waals surface area contributed by atoms with Crippen LogP contribution in [-0.4, -0.2) is 35.8 Å². The number of amides is 1. The fraction of sp³-hybridized carbons (Fsp3) is 0.571. The number of hydrogen-bond donors (Lipinski definition) is 0. The van der Waals surface area contributed by atoms with Crippen LogP contribution in [0.3, 0.4) is 0 Å². The number of hydrogen-bond acceptors (Lipinski definition) is 2.